The monoisotopic (exact) mass is 269 g/mol. The molecule has 0 radical (unpaired) electrons. The van der Waals surface area contributed by atoms with E-state index in [1.165, 1.54) is 0 Å². The molecule has 0 aliphatic rings. The van der Waals surface area contributed by atoms with Crippen molar-refractivity contribution in [3.05, 3.63) is 18.3 Å². The lowest BCUT2D eigenvalue weighted by Gasteiger charge is -2.10. The van der Waals surface area contributed by atoms with Gasteiger partial charge in [0.1, 0.15) is 0 Å². The number of pyridine rings is 1. The Morgan fingerprint density at radius 3 is 2.89 bits per heavy atom. The minimum atomic E-state index is 0.580. The second-order valence-electron chi connectivity index (χ2n) is 3.52. The average Bonchev–Trinajstić information content (AvgIpc) is 2.39. The van der Waals surface area contributed by atoms with Gasteiger partial charge >= 0.3 is 0 Å². The van der Waals surface area contributed by atoms with Gasteiger partial charge in [-0.15, -0.1) is 0 Å². The second kappa shape index (κ2) is 8.66. The highest BCUT2D eigenvalue weighted by Crippen LogP contribution is 2.10. The molecule has 0 amide bonds. The van der Waals surface area contributed by atoms with Crippen molar-refractivity contribution in [2.24, 2.45) is 0 Å². The molecule has 0 unspecified atom stereocenters. The first-order valence-electron chi connectivity index (χ1n) is 5.89. The van der Waals surface area contributed by atoms with Gasteiger partial charge in [0.2, 0.25) is 5.88 Å². The molecule has 100 valence electrons. The number of nitrogens with zero attached hydrogens (tertiary/aromatic N) is 1. The maximum atomic E-state index is 5.23. The number of nitrogens with one attached hydrogen (secondary N) is 2. The van der Waals surface area contributed by atoms with Crippen molar-refractivity contribution in [3.8, 4) is 5.88 Å². The van der Waals surface area contributed by atoms with E-state index in [1.54, 1.807) is 19.4 Å². The van der Waals surface area contributed by atoms with Crippen LogP contribution in [0.3, 0.4) is 0 Å². The molecule has 0 spiro atoms. The molecule has 18 heavy (non-hydrogen) atoms. The summed E-state index contributed by atoms with van der Waals surface area (Å²) in [6.45, 7) is 4.27. The van der Waals surface area contributed by atoms with Gasteiger partial charge in [0, 0.05) is 25.8 Å². The Morgan fingerprint density at radius 2 is 2.28 bits per heavy atom. The Balaban J connectivity index is 2.22. The van der Waals surface area contributed by atoms with E-state index in [4.69, 9.17) is 21.7 Å². The van der Waals surface area contributed by atoms with E-state index in [0.717, 1.165) is 31.9 Å². The maximum absolute atomic E-state index is 5.23. The SMILES string of the molecule is CCOCCCNC(=S)Nc1ccc(OC)nc1. The Hall–Kier alpha value is -1.40. The topological polar surface area (TPSA) is 55.4 Å². The third kappa shape index (κ3) is 5.79. The molecule has 0 aliphatic carbocycles. The molecule has 1 heterocycles. The van der Waals surface area contributed by atoms with Crippen LogP contribution in [0.2, 0.25) is 0 Å². The van der Waals surface area contributed by atoms with Gasteiger partial charge in [-0.1, -0.05) is 0 Å². The summed E-state index contributed by atoms with van der Waals surface area (Å²) < 4.78 is 10.2. The molecule has 0 aliphatic heterocycles. The second-order valence-corrected chi connectivity index (χ2v) is 3.93. The minimum absolute atomic E-state index is 0.580. The van der Waals surface area contributed by atoms with E-state index in [1.807, 2.05) is 13.0 Å². The van der Waals surface area contributed by atoms with Crippen LogP contribution in [0.15, 0.2) is 18.3 Å². The Morgan fingerprint density at radius 1 is 1.44 bits per heavy atom. The Kier molecular flexibility index (Phi) is 7.05. The maximum Gasteiger partial charge on any atom is 0.213 e. The van der Waals surface area contributed by atoms with Crippen LogP contribution in [-0.4, -0.2) is 37.0 Å². The molecule has 0 aromatic carbocycles. The molecular formula is C12H19N3O2S. The summed E-state index contributed by atoms with van der Waals surface area (Å²) in [5.41, 5.74) is 0.832. The fraction of sp³-hybridized carbons (Fsp3) is 0.500. The number of rotatable bonds is 7. The van der Waals surface area contributed by atoms with Crippen molar-refractivity contribution in [1.82, 2.24) is 10.3 Å². The zero-order valence-corrected chi connectivity index (χ0v) is 11.5. The predicted octanol–water partition coefficient (Wildman–Crippen LogP) is 1.80. The first kappa shape index (κ1) is 14.7. The van der Waals surface area contributed by atoms with E-state index < -0.39 is 0 Å². The van der Waals surface area contributed by atoms with Gasteiger partial charge in [0.15, 0.2) is 5.11 Å². The van der Waals surface area contributed by atoms with Gasteiger partial charge in [0.05, 0.1) is 19.0 Å². The summed E-state index contributed by atoms with van der Waals surface area (Å²) in [5.74, 6) is 0.580. The Labute approximate surface area is 113 Å². The molecule has 2 N–H and O–H groups in total. The van der Waals surface area contributed by atoms with Crippen molar-refractivity contribution in [2.75, 3.05) is 32.2 Å². The number of hydrogen-bond acceptors (Lipinski definition) is 4. The predicted molar refractivity (Wildman–Crippen MR) is 76.1 cm³/mol. The number of aromatic nitrogens is 1. The zero-order valence-electron chi connectivity index (χ0n) is 10.7. The smallest absolute Gasteiger partial charge is 0.213 e. The lowest BCUT2D eigenvalue weighted by molar-refractivity contribution is 0.146. The van der Waals surface area contributed by atoms with Gasteiger partial charge in [-0.05, 0) is 31.6 Å². The normalized spacial score (nSPS) is 9.89. The van der Waals surface area contributed by atoms with Crippen LogP contribution in [0.25, 0.3) is 0 Å². The number of methoxy groups -OCH3 is 1. The van der Waals surface area contributed by atoms with Crippen molar-refractivity contribution in [2.45, 2.75) is 13.3 Å². The summed E-state index contributed by atoms with van der Waals surface area (Å²) in [6.07, 6.45) is 2.60. The molecule has 5 nitrogen and oxygen atoms in total. The van der Waals surface area contributed by atoms with E-state index >= 15 is 0 Å². The summed E-state index contributed by atoms with van der Waals surface area (Å²) in [6, 6.07) is 3.64. The van der Waals surface area contributed by atoms with Gasteiger partial charge in [0.25, 0.3) is 0 Å². The average molecular weight is 269 g/mol. The first-order valence-corrected chi connectivity index (χ1v) is 6.29. The van der Waals surface area contributed by atoms with Crippen LogP contribution in [0.5, 0.6) is 5.88 Å². The van der Waals surface area contributed by atoms with Crippen LogP contribution in [-0.2, 0) is 4.74 Å². The number of hydrogen-bond donors (Lipinski definition) is 2. The lowest BCUT2D eigenvalue weighted by atomic mass is 10.4. The van der Waals surface area contributed by atoms with Crippen molar-refractivity contribution < 1.29 is 9.47 Å². The molecule has 0 saturated carbocycles. The highest BCUT2D eigenvalue weighted by molar-refractivity contribution is 7.80. The third-order valence-corrected chi connectivity index (χ3v) is 2.40. The summed E-state index contributed by atoms with van der Waals surface area (Å²) in [7, 11) is 1.58. The Bertz CT molecular complexity index is 357. The minimum Gasteiger partial charge on any atom is -0.481 e. The molecule has 0 saturated heterocycles. The summed E-state index contributed by atoms with van der Waals surface area (Å²) in [5, 5.41) is 6.73. The zero-order chi connectivity index (χ0) is 13.2. The van der Waals surface area contributed by atoms with Crippen LogP contribution in [0.1, 0.15) is 13.3 Å². The molecule has 1 rings (SSSR count). The van der Waals surface area contributed by atoms with E-state index in [-0.39, 0.29) is 0 Å². The first-order chi connectivity index (χ1) is 8.76. The molecular weight excluding hydrogens is 250 g/mol. The molecule has 0 atom stereocenters. The van der Waals surface area contributed by atoms with Crippen LogP contribution in [0.4, 0.5) is 5.69 Å². The summed E-state index contributed by atoms with van der Waals surface area (Å²) >= 11 is 5.15. The van der Waals surface area contributed by atoms with Crippen LogP contribution >= 0.6 is 12.2 Å². The largest absolute Gasteiger partial charge is 0.481 e. The molecule has 0 fully saturated rings. The van der Waals surface area contributed by atoms with Gasteiger partial charge in [-0.25, -0.2) is 4.98 Å². The standard InChI is InChI=1S/C12H19N3O2S/c1-3-17-8-4-7-13-12(18)15-10-5-6-11(16-2)14-9-10/h5-6,9H,3-4,7-8H2,1-2H3,(H2,13,15,18). The molecule has 1 aromatic rings. The van der Waals surface area contributed by atoms with Gasteiger partial charge < -0.3 is 20.1 Å². The lowest BCUT2D eigenvalue weighted by Crippen LogP contribution is -2.29. The highest BCUT2D eigenvalue weighted by Gasteiger charge is 1.98. The van der Waals surface area contributed by atoms with Crippen molar-refractivity contribution in [1.29, 1.82) is 0 Å². The van der Waals surface area contributed by atoms with Gasteiger partial charge in [-0.2, -0.15) is 0 Å². The van der Waals surface area contributed by atoms with Crippen LogP contribution in [0, 0.1) is 0 Å². The fourth-order valence-corrected chi connectivity index (χ4v) is 1.49. The quantitative estimate of drug-likeness (QED) is 0.581. The van der Waals surface area contributed by atoms with Gasteiger partial charge in [-0.3, -0.25) is 0 Å². The third-order valence-electron chi connectivity index (χ3n) is 2.16. The van der Waals surface area contributed by atoms with Crippen molar-refractivity contribution in [3.63, 3.8) is 0 Å². The van der Waals surface area contributed by atoms with Crippen LogP contribution < -0.4 is 15.4 Å². The number of thiocarbonyl (C=S) groups is 1. The number of anilines is 1. The highest BCUT2D eigenvalue weighted by atomic mass is 32.1. The molecule has 1 aromatic heterocycles. The fourth-order valence-electron chi connectivity index (χ4n) is 1.27. The van der Waals surface area contributed by atoms with Crippen molar-refractivity contribution >= 4 is 23.0 Å². The molecule has 0 bridgehead atoms. The van der Waals surface area contributed by atoms with E-state index in [9.17, 15) is 0 Å². The van der Waals surface area contributed by atoms with E-state index in [0.29, 0.717) is 11.0 Å². The van der Waals surface area contributed by atoms with E-state index in [2.05, 4.69) is 15.6 Å². The number of ether oxygens (including phenoxy) is 2. The molecule has 6 heteroatoms. The summed E-state index contributed by atoms with van der Waals surface area (Å²) in [4.78, 5) is 4.08.